The van der Waals surface area contributed by atoms with Crippen molar-refractivity contribution in [3.05, 3.63) is 34.9 Å². The number of hydrogen-bond acceptors (Lipinski definition) is 4. The lowest BCUT2D eigenvalue weighted by Gasteiger charge is -2.45. The first-order valence-corrected chi connectivity index (χ1v) is 15.6. The molecule has 4 rings (SSSR count). The Morgan fingerprint density at radius 3 is 2.17 bits per heavy atom. The summed E-state index contributed by atoms with van der Waals surface area (Å²) >= 11 is 6.20. The predicted octanol–water partition coefficient (Wildman–Crippen LogP) is 6.22. The van der Waals surface area contributed by atoms with E-state index in [0.29, 0.717) is 30.1 Å². The minimum absolute atomic E-state index is 0.0157. The summed E-state index contributed by atoms with van der Waals surface area (Å²) in [6, 6.07) is 8.29. The number of carbonyl (C=O) groups is 2. The van der Waals surface area contributed by atoms with E-state index in [1.807, 2.05) is 26.0 Å². The Labute approximate surface area is 247 Å². The molecule has 1 saturated carbocycles. The second-order valence-corrected chi connectivity index (χ2v) is 15.4. The van der Waals surface area contributed by atoms with E-state index in [9.17, 15) is 9.59 Å². The fourth-order valence-corrected chi connectivity index (χ4v) is 7.24. The highest BCUT2D eigenvalue weighted by molar-refractivity contribution is 6.30. The molecule has 1 unspecified atom stereocenters. The van der Waals surface area contributed by atoms with Gasteiger partial charge in [-0.1, -0.05) is 37.6 Å². The maximum absolute atomic E-state index is 14.2. The molecule has 3 atom stereocenters. The highest BCUT2D eigenvalue weighted by Gasteiger charge is 2.47. The molecule has 2 aliphatic heterocycles. The van der Waals surface area contributed by atoms with Crippen LogP contribution in [0.1, 0.15) is 92.1 Å². The molecule has 0 aromatic heterocycles. The van der Waals surface area contributed by atoms with Crippen LogP contribution in [0.25, 0.3) is 0 Å². The Kier molecular flexibility index (Phi) is 9.34. The summed E-state index contributed by atoms with van der Waals surface area (Å²) in [4.78, 5) is 35.0. The van der Waals surface area contributed by atoms with Crippen LogP contribution in [0.5, 0.6) is 0 Å². The smallest absolute Gasteiger partial charge is 0.231 e. The Morgan fingerprint density at radius 2 is 1.60 bits per heavy atom. The van der Waals surface area contributed by atoms with Crippen LogP contribution in [0.15, 0.2) is 24.3 Å². The molecule has 3 aliphatic rings. The molecular formula is C33H52ClN3O3. The molecule has 0 spiro atoms. The van der Waals surface area contributed by atoms with Crippen molar-refractivity contribution in [2.45, 2.75) is 104 Å². The van der Waals surface area contributed by atoms with E-state index in [4.69, 9.17) is 16.3 Å². The topological polar surface area (TPSA) is 53.1 Å². The summed E-state index contributed by atoms with van der Waals surface area (Å²) < 4.78 is 5.46. The van der Waals surface area contributed by atoms with Gasteiger partial charge in [0.2, 0.25) is 11.8 Å². The zero-order valence-corrected chi connectivity index (χ0v) is 26.9. The molecule has 1 aromatic carbocycles. The van der Waals surface area contributed by atoms with E-state index < -0.39 is 5.41 Å². The van der Waals surface area contributed by atoms with Crippen LogP contribution in [0.3, 0.4) is 0 Å². The molecule has 40 heavy (non-hydrogen) atoms. The van der Waals surface area contributed by atoms with Gasteiger partial charge in [0.1, 0.15) is 0 Å². The number of rotatable bonds is 7. The average Bonchev–Trinajstić information content (AvgIpc) is 3.53. The van der Waals surface area contributed by atoms with Crippen molar-refractivity contribution in [2.24, 2.45) is 16.7 Å². The van der Waals surface area contributed by atoms with Crippen LogP contribution >= 0.6 is 11.6 Å². The van der Waals surface area contributed by atoms with Gasteiger partial charge in [-0.05, 0) is 89.8 Å². The lowest BCUT2D eigenvalue weighted by Crippen LogP contribution is -2.55. The first-order chi connectivity index (χ1) is 18.6. The Balaban J connectivity index is 1.55. The number of ether oxygens (including phenoxy) is 1. The molecule has 0 radical (unpaired) electrons. The monoisotopic (exact) mass is 573 g/mol. The summed E-state index contributed by atoms with van der Waals surface area (Å²) in [5.74, 6) is 0.408. The molecule has 1 aliphatic carbocycles. The van der Waals surface area contributed by atoms with E-state index in [-0.39, 0.29) is 41.3 Å². The highest BCUT2D eigenvalue weighted by Crippen LogP contribution is 2.41. The van der Waals surface area contributed by atoms with Gasteiger partial charge in [-0.15, -0.1) is 0 Å². The zero-order chi connectivity index (χ0) is 29.5. The third-order valence-corrected chi connectivity index (χ3v) is 10.0. The number of halogens is 1. The number of likely N-dealkylation sites (tertiary alicyclic amines) is 2. The SMILES string of the molecule is COCC(C)(C)C(=O)N(C1CCC(C)(C)CC1)C1CCN(C(=O)[C@@H]2CN(C(C)(C)C)C[C@H]2c2ccc(Cl)cc2)C1. The van der Waals surface area contributed by atoms with Crippen molar-refractivity contribution in [3.8, 4) is 0 Å². The van der Waals surface area contributed by atoms with Crippen LogP contribution in [0.2, 0.25) is 5.02 Å². The summed E-state index contributed by atoms with van der Waals surface area (Å²) in [6.07, 6.45) is 5.12. The van der Waals surface area contributed by atoms with Gasteiger partial charge in [0.15, 0.2) is 0 Å². The van der Waals surface area contributed by atoms with E-state index >= 15 is 0 Å². The molecule has 2 heterocycles. The second-order valence-electron chi connectivity index (χ2n) is 15.0. The van der Waals surface area contributed by atoms with E-state index in [2.05, 4.69) is 61.5 Å². The lowest BCUT2D eigenvalue weighted by atomic mass is 9.74. The van der Waals surface area contributed by atoms with Crippen molar-refractivity contribution >= 4 is 23.4 Å². The molecule has 1 aromatic rings. The maximum Gasteiger partial charge on any atom is 0.231 e. The van der Waals surface area contributed by atoms with Crippen molar-refractivity contribution in [2.75, 3.05) is 39.9 Å². The molecule has 0 N–H and O–H groups in total. The van der Waals surface area contributed by atoms with Crippen LogP contribution < -0.4 is 0 Å². The van der Waals surface area contributed by atoms with Gasteiger partial charge in [0.05, 0.1) is 24.0 Å². The second kappa shape index (κ2) is 11.9. The van der Waals surface area contributed by atoms with E-state index in [1.165, 1.54) is 5.56 Å². The van der Waals surface area contributed by atoms with Gasteiger partial charge in [0, 0.05) is 55.8 Å². The number of amides is 2. The average molecular weight is 574 g/mol. The molecule has 6 nitrogen and oxygen atoms in total. The lowest BCUT2D eigenvalue weighted by molar-refractivity contribution is -0.150. The van der Waals surface area contributed by atoms with Crippen LogP contribution in [0, 0.1) is 16.7 Å². The Bertz CT molecular complexity index is 1040. The molecule has 0 bridgehead atoms. The quantitative estimate of drug-likeness (QED) is 0.388. The minimum Gasteiger partial charge on any atom is -0.384 e. The molecule has 2 saturated heterocycles. The van der Waals surface area contributed by atoms with Gasteiger partial charge in [-0.25, -0.2) is 0 Å². The third kappa shape index (κ3) is 6.87. The summed E-state index contributed by atoms with van der Waals surface area (Å²) in [5.41, 5.74) is 0.881. The van der Waals surface area contributed by atoms with E-state index in [1.54, 1.807) is 7.11 Å². The van der Waals surface area contributed by atoms with Crippen molar-refractivity contribution in [3.63, 3.8) is 0 Å². The summed E-state index contributed by atoms with van der Waals surface area (Å²) in [6.45, 7) is 18.6. The van der Waals surface area contributed by atoms with Gasteiger partial charge >= 0.3 is 0 Å². The first kappa shape index (κ1) is 31.3. The summed E-state index contributed by atoms with van der Waals surface area (Å²) in [7, 11) is 1.66. The fourth-order valence-electron chi connectivity index (χ4n) is 7.12. The van der Waals surface area contributed by atoms with Crippen molar-refractivity contribution in [1.29, 1.82) is 0 Å². The van der Waals surface area contributed by atoms with Gasteiger partial charge < -0.3 is 14.5 Å². The molecule has 2 amide bonds. The zero-order valence-electron chi connectivity index (χ0n) is 26.1. The minimum atomic E-state index is -0.600. The molecule has 7 heteroatoms. The number of carbonyl (C=O) groups excluding carboxylic acids is 2. The number of nitrogens with zero attached hydrogens (tertiary/aromatic N) is 3. The molecular weight excluding hydrogens is 522 g/mol. The van der Waals surface area contributed by atoms with Gasteiger partial charge in [-0.2, -0.15) is 0 Å². The Morgan fingerprint density at radius 1 is 0.975 bits per heavy atom. The number of hydrogen-bond donors (Lipinski definition) is 0. The van der Waals surface area contributed by atoms with Crippen LogP contribution in [0.4, 0.5) is 0 Å². The normalized spacial score (nSPS) is 26.3. The van der Waals surface area contributed by atoms with Crippen LogP contribution in [-0.4, -0.2) is 84.0 Å². The highest BCUT2D eigenvalue weighted by atomic mass is 35.5. The predicted molar refractivity (Wildman–Crippen MR) is 163 cm³/mol. The number of benzene rings is 1. The van der Waals surface area contributed by atoms with Gasteiger partial charge in [0.25, 0.3) is 0 Å². The largest absolute Gasteiger partial charge is 0.384 e. The van der Waals surface area contributed by atoms with Crippen molar-refractivity contribution in [1.82, 2.24) is 14.7 Å². The molecule has 224 valence electrons. The van der Waals surface area contributed by atoms with E-state index in [0.717, 1.165) is 45.2 Å². The number of methoxy groups -OCH3 is 1. The standard InChI is InChI=1S/C33H52ClN3O3/c1-31(2,3)36-20-27(23-9-11-24(34)12-10-23)28(21-36)29(38)35-18-15-26(19-35)37(30(39)33(6,7)22-40-8)25-13-16-32(4,5)17-14-25/h9-12,25-28H,13-22H2,1-8H3/t26?,27-,28+/m0/s1. The van der Waals surface area contributed by atoms with Gasteiger partial charge in [-0.3, -0.25) is 14.5 Å². The molecule has 3 fully saturated rings. The third-order valence-electron chi connectivity index (χ3n) is 9.77. The fraction of sp³-hybridized carbons (Fsp3) is 0.758. The first-order valence-electron chi connectivity index (χ1n) is 15.2. The summed E-state index contributed by atoms with van der Waals surface area (Å²) in [5, 5.41) is 0.715. The van der Waals surface area contributed by atoms with Crippen molar-refractivity contribution < 1.29 is 14.3 Å². The van der Waals surface area contributed by atoms with Crippen LogP contribution in [-0.2, 0) is 14.3 Å². The maximum atomic E-state index is 14.2. The Hall–Kier alpha value is -1.63.